The number of aromatic nitrogens is 3. The van der Waals surface area contributed by atoms with Crippen molar-refractivity contribution in [1.29, 1.82) is 0 Å². The van der Waals surface area contributed by atoms with E-state index in [4.69, 9.17) is 4.74 Å². The number of nitrogens with zero attached hydrogens (tertiary/aromatic N) is 3. The minimum absolute atomic E-state index is 0.165. The molecular formula is C19H20N4O4S2. The summed E-state index contributed by atoms with van der Waals surface area (Å²) in [6.45, 7) is 3.61. The number of anilines is 1. The number of thiazole rings is 1. The van der Waals surface area contributed by atoms with E-state index in [0.717, 1.165) is 23.3 Å². The molecule has 0 aromatic carbocycles. The molecule has 152 valence electrons. The third kappa shape index (κ3) is 3.69. The van der Waals surface area contributed by atoms with Gasteiger partial charge in [-0.25, -0.2) is 9.97 Å². The standard InChI is InChI=1S/C19H20N4O4S2/c1-3-27-18(26)11-5-4-6-12-14(11)15-16(29-12)21-10(2)23(17(15)25)9-13(24)22-19-20-7-8-28-19/h7-8,11H,3-6,9H2,1-2H3,(H,20,22,24). The Labute approximate surface area is 174 Å². The average molecular weight is 433 g/mol. The number of rotatable bonds is 5. The van der Waals surface area contributed by atoms with Crippen LogP contribution in [0.1, 0.15) is 41.9 Å². The van der Waals surface area contributed by atoms with Crippen LogP contribution in [0.15, 0.2) is 16.4 Å². The van der Waals surface area contributed by atoms with E-state index in [1.54, 1.807) is 25.4 Å². The first-order valence-electron chi connectivity index (χ1n) is 9.38. The number of ether oxygens (including phenoxy) is 1. The van der Waals surface area contributed by atoms with Crippen LogP contribution >= 0.6 is 22.7 Å². The maximum absolute atomic E-state index is 13.3. The molecule has 1 amide bonds. The number of nitrogens with one attached hydrogen (secondary N) is 1. The molecule has 10 heteroatoms. The van der Waals surface area contributed by atoms with E-state index in [1.165, 1.54) is 27.2 Å². The van der Waals surface area contributed by atoms with Crippen LogP contribution in [0.3, 0.4) is 0 Å². The molecule has 0 bridgehead atoms. The Kier molecular flexibility index (Phi) is 5.46. The Bertz CT molecular complexity index is 1130. The Morgan fingerprint density at radius 2 is 2.24 bits per heavy atom. The van der Waals surface area contributed by atoms with Crippen LogP contribution < -0.4 is 10.9 Å². The van der Waals surface area contributed by atoms with E-state index in [9.17, 15) is 14.4 Å². The first-order valence-corrected chi connectivity index (χ1v) is 11.1. The highest BCUT2D eigenvalue weighted by molar-refractivity contribution is 7.18. The summed E-state index contributed by atoms with van der Waals surface area (Å²) < 4.78 is 6.60. The van der Waals surface area contributed by atoms with E-state index >= 15 is 0 Å². The average Bonchev–Trinajstić information content (AvgIpc) is 3.32. The Morgan fingerprint density at radius 1 is 1.41 bits per heavy atom. The molecule has 1 aliphatic rings. The van der Waals surface area contributed by atoms with Gasteiger partial charge in [0.15, 0.2) is 5.13 Å². The van der Waals surface area contributed by atoms with Crippen molar-refractivity contribution in [3.63, 3.8) is 0 Å². The molecule has 0 fully saturated rings. The molecule has 0 saturated carbocycles. The zero-order valence-corrected chi connectivity index (χ0v) is 17.7. The molecule has 1 atom stereocenters. The lowest BCUT2D eigenvalue weighted by Gasteiger charge is -2.21. The van der Waals surface area contributed by atoms with E-state index in [1.807, 2.05) is 0 Å². The second-order valence-electron chi connectivity index (χ2n) is 6.75. The third-order valence-electron chi connectivity index (χ3n) is 4.91. The molecule has 4 rings (SSSR count). The number of hydrogen-bond donors (Lipinski definition) is 1. The topological polar surface area (TPSA) is 103 Å². The molecule has 3 aromatic heterocycles. The van der Waals surface area contributed by atoms with Crippen LogP contribution in [0.4, 0.5) is 5.13 Å². The van der Waals surface area contributed by atoms with Crippen LogP contribution in [0.25, 0.3) is 10.2 Å². The van der Waals surface area contributed by atoms with Gasteiger partial charge >= 0.3 is 5.97 Å². The van der Waals surface area contributed by atoms with Crippen LogP contribution in [-0.2, 0) is 27.3 Å². The lowest BCUT2D eigenvalue weighted by molar-refractivity contribution is -0.145. The number of esters is 1. The molecular weight excluding hydrogens is 412 g/mol. The molecule has 1 unspecified atom stereocenters. The number of aryl methyl sites for hydroxylation is 2. The third-order valence-corrected chi connectivity index (χ3v) is 6.76. The van der Waals surface area contributed by atoms with Gasteiger partial charge in [-0.1, -0.05) is 0 Å². The predicted molar refractivity (Wildman–Crippen MR) is 112 cm³/mol. The summed E-state index contributed by atoms with van der Waals surface area (Å²) in [6, 6.07) is 0. The van der Waals surface area contributed by atoms with Crippen molar-refractivity contribution < 1.29 is 14.3 Å². The van der Waals surface area contributed by atoms with Gasteiger partial charge in [-0.05, 0) is 38.7 Å². The molecule has 1 N–H and O–H groups in total. The SMILES string of the molecule is CCOC(=O)C1CCCc2sc3nc(C)n(CC(=O)Nc4nccs4)c(=O)c3c21. The van der Waals surface area contributed by atoms with Crippen LogP contribution in [-0.4, -0.2) is 33.0 Å². The normalized spacial score (nSPS) is 15.9. The van der Waals surface area contributed by atoms with Crippen molar-refractivity contribution in [2.24, 2.45) is 0 Å². The molecule has 3 heterocycles. The number of amides is 1. The van der Waals surface area contributed by atoms with E-state index in [0.29, 0.717) is 34.2 Å². The number of carbonyl (C=O) groups is 2. The number of hydrogen-bond acceptors (Lipinski definition) is 8. The van der Waals surface area contributed by atoms with Gasteiger partial charge in [0.05, 0.1) is 17.9 Å². The fourth-order valence-corrected chi connectivity index (χ4v) is 5.53. The minimum atomic E-state index is -0.456. The number of thiophene rings is 1. The van der Waals surface area contributed by atoms with Gasteiger partial charge in [0.25, 0.3) is 5.56 Å². The predicted octanol–water partition coefficient (Wildman–Crippen LogP) is 2.84. The van der Waals surface area contributed by atoms with Gasteiger partial charge in [-0.15, -0.1) is 22.7 Å². The number of carbonyl (C=O) groups excluding carboxylic acids is 2. The molecule has 29 heavy (non-hydrogen) atoms. The second kappa shape index (κ2) is 8.03. The van der Waals surface area contributed by atoms with E-state index in [-0.39, 0.29) is 24.0 Å². The summed E-state index contributed by atoms with van der Waals surface area (Å²) in [5.41, 5.74) is 0.441. The van der Waals surface area contributed by atoms with Gasteiger partial charge in [0.1, 0.15) is 17.2 Å². The summed E-state index contributed by atoms with van der Waals surface area (Å²) in [5.74, 6) is -0.649. The van der Waals surface area contributed by atoms with Gasteiger partial charge < -0.3 is 10.1 Å². The second-order valence-corrected chi connectivity index (χ2v) is 8.73. The van der Waals surface area contributed by atoms with Crippen molar-refractivity contribution in [1.82, 2.24) is 14.5 Å². The maximum Gasteiger partial charge on any atom is 0.313 e. The lowest BCUT2D eigenvalue weighted by Crippen LogP contribution is -2.31. The first kappa shape index (κ1) is 19.7. The highest BCUT2D eigenvalue weighted by Crippen LogP contribution is 2.41. The molecule has 0 aliphatic heterocycles. The molecule has 0 saturated heterocycles. The zero-order chi connectivity index (χ0) is 20.5. The molecule has 0 spiro atoms. The molecule has 0 radical (unpaired) electrons. The first-order chi connectivity index (χ1) is 14.0. The Morgan fingerprint density at radius 3 is 2.97 bits per heavy atom. The summed E-state index contributed by atoms with van der Waals surface area (Å²) in [6.07, 6.45) is 3.93. The fourth-order valence-electron chi connectivity index (χ4n) is 3.67. The molecule has 3 aromatic rings. The van der Waals surface area contributed by atoms with E-state index in [2.05, 4.69) is 15.3 Å². The van der Waals surface area contributed by atoms with Crippen LogP contribution in [0, 0.1) is 6.92 Å². The lowest BCUT2D eigenvalue weighted by atomic mass is 9.86. The highest BCUT2D eigenvalue weighted by atomic mass is 32.1. The summed E-state index contributed by atoms with van der Waals surface area (Å²) >= 11 is 2.76. The van der Waals surface area contributed by atoms with Crippen LogP contribution in [0.2, 0.25) is 0 Å². The van der Waals surface area contributed by atoms with Gasteiger partial charge in [-0.3, -0.25) is 19.0 Å². The quantitative estimate of drug-likeness (QED) is 0.622. The zero-order valence-electron chi connectivity index (χ0n) is 16.1. The smallest absolute Gasteiger partial charge is 0.313 e. The Balaban J connectivity index is 1.76. The Hall–Kier alpha value is -2.59. The summed E-state index contributed by atoms with van der Waals surface area (Å²) in [5, 5.41) is 5.36. The molecule has 1 aliphatic carbocycles. The monoisotopic (exact) mass is 432 g/mol. The van der Waals surface area contributed by atoms with Crippen molar-refractivity contribution in [3.05, 3.63) is 38.2 Å². The van der Waals surface area contributed by atoms with Gasteiger partial charge in [0, 0.05) is 16.5 Å². The highest BCUT2D eigenvalue weighted by Gasteiger charge is 2.33. The fraction of sp³-hybridized carbons (Fsp3) is 0.421. The van der Waals surface area contributed by atoms with Gasteiger partial charge in [-0.2, -0.15) is 0 Å². The maximum atomic E-state index is 13.3. The van der Waals surface area contributed by atoms with Crippen molar-refractivity contribution in [2.75, 3.05) is 11.9 Å². The minimum Gasteiger partial charge on any atom is -0.466 e. The van der Waals surface area contributed by atoms with E-state index < -0.39 is 5.92 Å². The van der Waals surface area contributed by atoms with Crippen LogP contribution in [0.5, 0.6) is 0 Å². The van der Waals surface area contributed by atoms with Crippen molar-refractivity contribution >= 4 is 49.9 Å². The number of fused-ring (bicyclic) bond motifs is 3. The van der Waals surface area contributed by atoms with Crippen molar-refractivity contribution in [2.45, 2.75) is 45.6 Å². The summed E-state index contributed by atoms with van der Waals surface area (Å²) in [7, 11) is 0. The molecule has 8 nitrogen and oxygen atoms in total. The summed E-state index contributed by atoms with van der Waals surface area (Å²) in [4.78, 5) is 48.5. The largest absolute Gasteiger partial charge is 0.466 e. The van der Waals surface area contributed by atoms with Crippen molar-refractivity contribution in [3.8, 4) is 0 Å². The van der Waals surface area contributed by atoms with Gasteiger partial charge in [0.2, 0.25) is 5.91 Å².